The van der Waals surface area contributed by atoms with Crippen LogP contribution in [-0.4, -0.2) is 60.2 Å². The molecule has 0 saturated carbocycles. The van der Waals surface area contributed by atoms with Crippen molar-refractivity contribution in [2.45, 2.75) is 11.7 Å². The Balaban J connectivity index is 1.37. The third-order valence-electron chi connectivity index (χ3n) is 5.56. The van der Waals surface area contributed by atoms with E-state index in [1.165, 1.54) is 39.8 Å². The number of carbonyl (C=O) groups excluding carboxylic acids is 2. The number of thioether (sulfide) groups is 1. The molecule has 0 spiro atoms. The van der Waals surface area contributed by atoms with Crippen molar-refractivity contribution in [1.29, 1.82) is 0 Å². The van der Waals surface area contributed by atoms with E-state index in [1.54, 1.807) is 17.0 Å². The summed E-state index contributed by atoms with van der Waals surface area (Å²) in [7, 11) is 0. The van der Waals surface area contributed by atoms with E-state index >= 15 is 0 Å². The standard InChI is InChI=1S/C22H22F3N3O2S/c23-15-5-6-17(24)16(13-15)20-7-8-26(11-12-31-20)21(29)14-27-9-10-28(22(27)30)19-4-2-1-3-18(19)25/h1-6,13,20H,7-12,14H2/t20-/m1/s1. The highest BCUT2D eigenvalue weighted by molar-refractivity contribution is 7.99. The fourth-order valence-electron chi connectivity index (χ4n) is 3.92. The van der Waals surface area contributed by atoms with Crippen LogP contribution in [0.2, 0.25) is 0 Å². The first-order chi connectivity index (χ1) is 14.9. The minimum Gasteiger partial charge on any atom is -0.340 e. The monoisotopic (exact) mass is 449 g/mol. The second-order valence-corrected chi connectivity index (χ2v) is 8.81. The molecule has 31 heavy (non-hydrogen) atoms. The van der Waals surface area contributed by atoms with E-state index in [2.05, 4.69) is 0 Å². The predicted octanol–water partition coefficient (Wildman–Crippen LogP) is 4.05. The lowest BCUT2D eigenvalue weighted by molar-refractivity contribution is -0.131. The normalized spacial score (nSPS) is 19.6. The van der Waals surface area contributed by atoms with Crippen LogP contribution in [-0.2, 0) is 4.79 Å². The van der Waals surface area contributed by atoms with E-state index in [9.17, 15) is 22.8 Å². The number of nitrogens with zero attached hydrogens (tertiary/aromatic N) is 3. The zero-order valence-electron chi connectivity index (χ0n) is 16.8. The molecule has 2 aliphatic heterocycles. The largest absolute Gasteiger partial charge is 0.340 e. The molecule has 0 aliphatic carbocycles. The molecule has 0 N–H and O–H groups in total. The Morgan fingerprint density at radius 3 is 2.61 bits per heavy atom. The summed E-state index contributed by atoms with van der Waals surface area (Å²) in [5.41, 5.74) is 0.517. The van der Waals surface area contributed by atoms with E-state index in [0.717, 1.165) is 12.1 Å². The topological polar surface area (TPSA) is 43.9 Å². The first-order valence-electron chi connectivity index (χ1n) is 10.1. The summed E-state index contributed by atoms with van der Waals surface area (Å²) >= 11 is 1.49. The van der Waals surface area contributed by atoms with Gasteiger partial charge in [0.25, 0.3) is 0 Å². The van der Waals surface area contributed by atoms with Gasteiger partial charge in [0.15, 0.2) is 0 Å². The van der Waals surface area contributed by atoms with Gasteiger partial charge < -0.3 is 9.80 Å². The van der Waals surface area contributed by atoms with Crippen molar-refractivity contribution in [1.82, 2.24) is 9.80 Å². The zero-order valence-corrected chi connectivity index (χ0v) is 17.6. The molecule has 2 fully saturated rings. The molecule has 1 atom stereocenters. The van der Waals surface area contributed by atoms with Crippen molar-refractivity contribution in [3.63, 3.8) is 0 Å². The first kappa shape index (κ1) is 21.5. The molecule has 0 radical (unpaired) electrons. The van der Waals surface area contributed by atoms with Gasteiger partial charge >= 0.3 is 6.03 Å². The highest BCUT2D eigenvalue weighted by Gasteiger charge is 2.33. The summed E-state index contributed by atoms with van der Waals surface area (Å²) in [5, 5.41) is -0.238. The fraction of sp³-hybridized carbons (Fsp3) is 0.364. The minimum atomic E-state index is -0.485. The van der Waals surface area contributed by atoms with Gasteiger partial charge in [-0.1, -0.05) is 12.1 Å². The number of anilines is 1. The summed E-state index contributed by atoms with van der Waals surface area (Å²) in [6.45, 7) is 1.41. The molecule has 0 bridgehead atoms. The van der Waals surface area contributed by atoms with Crippen LogP contribution in [0.25, 0.3) is 0 Å². The first-order valence-corrected chi connectivity index (χ1v) is 11.1. The van der Waals surface area contributed by atoms with Crippen molar-refractivity contribution in [2.24, 2.45) is 0 Å². The Bertz CT molecular complexity index is 990. The van der Waals surface area contributed by atoms with Crippen LogP contribution < -0.4 is 4.90 Å². The molecule has 2 aliphatic rings. The number of halogens is 3. The number of urea groups is 1. The molecule has 9 heteroatoms. The number of benzene rings is 2. The minimum absolute atomic E-state index is 0.0898. The van der Waals surface area contributed by atoms with E-state index in [-0.39, 0.29) is 23.4 Å². The number of amides is 3. The van der Waals surface area contributed by atoms with Crippen LogP contribution in [0, 0.1) is 17.5 Å². The Hall–Kier alpha value is -2.68. The smallest absolute Gasteiger partial charge is 0.325 e. The SMILES string of the molecule is O=C(CN1CCN(c2ccccc2F)C1=O)N1CCS[C@@H](c2cc(F)ccc2F)CC1. The van der Waals surface area contributed by atoms with Crippen molar-refractivity contribution in [3.05, 3.63) is 65.5 Å². The van der Waals surface area contributed by atoms with Crippen molar-refractivity contribution in [2.75, 3.05) is 43.4 Å². The van der Waals surface area contributed by atoms with E-state index in [0.29, 0.717) is 43.9 Å². The quantitative estimate of drug-likeness (QED) is 0.707. The van der Waals surface area contributed by atoms with E-state index in [4.69, 9.17) is 0 Å². The number of hydrogen-bond acceptors (Lipinski definition) is 3. The second-order valence-electron chi connectivity index (χ2n) is 7.50. The molecular weight excluding hydrogens is 427 g/mol. The maximum absolute atomic E-state index is 14.1. The summed E-state index contributed by atoms with van der Waals surface area (Å²) in [4.78, 5) is 29.9. The van der Waals surface area contributed by atoms with Gasteiger partial charge in [0.05, 0.1) is 5.69 Å². The number of para-hydroxylation sites is 1. The van der Waals surface area contributed by atoms with E-state index in [1.807, 2.05) is 0 Å². The summed E-state index contributed by atoms with van der Waals surface area (Å²) in [5.74, 6) is -1.04. The van der Waals surface area contributed by atoms with Gasteiger partial charge in [-0.3, -0.25) is 9.69 Å². The third kappa shape index (κ3) is 4.66. The second kappa shape index (κ2) is 9.21. The van der Waals surface area contributed by atoms with Crippen molar-refractivity contribution < 1.29 is 22.8 Å². The lowest BCUT2D eigenvalue weighted by Crippen LogP contribution is -2.43. The van der Waals surface area contributed by atoms with Gasteiger partial charge in [-0.2, -0.15) is 11.8 Å². The zero-order chi connectivity index (χ0) is 22.0. The molecule has 164 valence electrons. The van der Waals surface area contributed by atoms with Crippen LogP contribution >= 0.6 is 11.8 Å². The third-order valence-corrected chi connectivity index (χ3v) is 6.87. The Morgan fingerprint density at radius 2 is 1.81 bits per heavy atom. The van der Waals surface area contributed by atoms with Gasteiger partial charge in [0.2, 0.25) is 5.91 Å². The molecule has 0 unspecified atom stereocenters. The van der Waals surface area contributed by atoms with Crippen LogP contribution in [0.1, 0.15) is 17.2 Å². The molecule has 2 saturated heterocycles. The van der Waals surface area contributed by atoms with Gasteiger partial charge in [-0.05, 0) is 36.8 Å². The molecule has 5 nitrogen and oxygen atoms in total. The molecule has 2 heterocycles. The van der Waals surface area contributed by atoms with Gasteiger partial charge in [0, 0.05) is 42.7 Å². The van der Waals surface area contributed by atoms with Crippen LogP contribution in [0.15, 0.2) is 42.5 Å². The predicted molar refractivity (Wildman–Crippen MR) is 113 cm³/mol. The number of hydrogen-bond donors (Lipinski definition) is 0. The lowest BCUT2D eigenvalue weighted by Gasteiger charge is -2.24. The summed E-state index contributed by atoms with van der Waals surface area (Å²) in [6.07, 6.45) is 0.492. The van der Waals surface area contributed by atoms with Gasteiger partial charge in [0.1, 0.15) is 24.0 Å². The van der Waals surface area contributed by atoms with Gasteiger partial charge in [-0.15, -0.1) is 0 Å². The maximum Gasteiger partial charge on any atom is 0.325 e. The molecule has 4 rings (SSSR count). The fourth-order valence-corrected chi connectivity index (χ4v) is 5.16. The van der Waals surface area contributed by atoms with Crippen LogP contribution in [0.3, 0.4) is 0 Å². The van der Waals surface area contributed by atoms with Crippen molar-refractivity contribution in [3.8, 4) is 0 Å². The Labute approximate surface area is 182 Å². The molecular formula is C22H22F3N3O2S. The molecule has 0 aromatic heterocycles. The average molecular weight is 449 g/mol. The maximum atomic E-state index is 14.1. The summed E-state index contributed by atoms with van der Waals surface area (Å²) < 4.78 is 41.7. The molecule has 2 aromatic carbocycles. The molecule has 3 amide bonds. The van der Waals surface area contributed by atoms with Gasteiger partial charge in [-0.25, -0.2) is 18.0 Å². The summed E-state index contributed by atoms with van der Waals surface area (Å²) in [6, 6.07) is 9.08. The lowest BCUT2D eigenvalue weighted by atomic mass is 10.1. The average Bonchev–Trinajstić information content (AvgIpc) is 2.96. The number of rotatable bonds is 4. The van der Waals surface area contributed by atoms with Crippen LogP contribution in [0.5, 0.6) is 0 Å². The Morgan fingerprint density at radius 1 is 1.00 bits per heavy atom. The van der Waals surface area contributed by atoms with Crippen LogP contribution in [0.4, 0.5) is 23.7 Å². The van der Waals surface area contributed by atoms with E-state index < -0.39 is 23.5 Å². The highest BCUT2D eigenvalue weighted by Crippen LogP contribution is 2.36. The highest BCUT2D eigenvalue weighted by atomic mass is 32.2. The Kier molecular flexibility index (Phi) is 6.41. The van der Waals surface area contributed by atoms with Crippen molar-refractivity contribution >= 4 is 29.4 Å². The molecule has 2 aromatic rings. The number of carbonyl (C=O) groups is 2.